The zero-order chi connectivity index (χ0) is 17.5. The average molecular weight is 451 g/mol. The highest BCUT2D eigenvalue weighted by Gasteiger charge is 2.25. The summed E-state index contributed by atoms with van der Waals surface area (Å²) in [6.45, 7) is 0. The van der Waals surface area contributed by atoms with Gasteiger partial charge >= 0.3 is 10.1 Å². The average Bonchev–Trinajstić information content (AvgIpc) is 2.45. The van der Waals surface area contributed by atoms with Crippen LogP contribution in [0.4, 0.5) is 5.69 Å². The molecule has 24 heavy (non-hydrogen) atoms. The molecule has 3 rings (SSSR count). The molecule has 0 unspecified atom stereocenters. The van der Waals surface area contributed by atoms with E-state index in [1.165, 1.54) is 18.2 Å². The van der Waals surface area contributed by atoms with Crippen LogP contribution in [-0.2, 0) is 21.3 Å². The van der Waals surface area contributed by atoms with Crippen LogP contribution in [0.5, 0.6) is 5.75 Å². The van der Waals surface area contributed by atoms with Gasteiger partial charge in [0.05, 0.1) is 10.0 Å². The van der Waals surface area contributed by atoms with Crippen molar-refractivity contribution in [1.29, 1.82) is 0 Å². The summed E-state index contributed by atoms with van der Waals surface area (Å²) in [7, 11) is -4.20. The fraction of sp³-hybridized carbons (Fsp3) is 0.133. The first-order valence-electron chi connectivity index (χ1n) is 6.78. The Hall–Kier alpha value is -1.28. The number of nitrogens with one attached hydrogen (secondary N) is 1. The summed E-state index contributed by atoms with van der Waals surface area (Å²) in [5, 5.41) is 2.63. The number of anilines is 1. The van der Waals surface area contributed by atoms with Gasteiger partial charge in [-0.25, -0.2) is 0 Å². The second-order valence-electron chi connectivity index (χ2n) is 5.10. The largest absolute Gasteiger partial charge is 0.379 e. The summed E-state index contributed by atoms with van der Waals surface area (Å²) < 4.78 is 30.7. The molecule has 0 atom stereocenters. The number of fused-ring (bicyclic) bond motifs is 1. The standard InChI is InChI=1S/C15H10BrCl2NO4S/c16-9-6-11(17)15(12(18)7-9)24(21,22)23-10-2-3-13-8(5-10)1-4-14(20)19-13/h2-3,5-7H,1,4H2,(H,19,20). The van der Waals surface area contributed by atoms with Crippen LogP contribution in [0.25, 0.3) is 0 Å². The van der Waals surface area contributed by atoms with Crippen molar-refractivity contribution in [2.24, 2.45) is 0 Å². The third-order valence-corrected chi connectivity index (χ3v) is 6.02. The van der Waals surface area contributed by atoms with E-state index in [9.17, 15) is 13.2 Å². The highest BCUT2D eigenvalue weighted by molar-refractivity contribution is 9.10. The van der Waals surface area contributed by atoms with Gasteiger partial charge in [0, 0.05) is 16.6 Å². The maximum atomic E-state index is 12.5. The second-order valence-corrected chi connectivity index (χ2v) is 8.32. The third kappa shape index (κ3) is 3.54. The lowest BCUT2D eigenvalue weighted by Crippen LogP contribution is -2.19. The number of carbonyl (C=O) groups excluding carboxylic acids is 1. The molecule has 0 aromatic heterocycles. The van der Waals surface area contributed by atoms with Crippen LogP contribution in [0.1, 0.15) is 12.0 Å². The molecule has 2 aromatic carbocycles. The normalized spacial score (nSPS) is 14.0. The van der Waals surface area contributed by atoms with E-state index in [1.54, 1.807) is 12.1 Å². The lowest BCUT2D eigenvalue weighted by atomic mass is 10.0. The van der Waals surface area contributed by atoms with E-state index in [1.807, 2.05) is 0 Å². The molecule has 2 aromatic rings. The molecule has 0 fully saturated rings. The summed E-state index contributed by atoms with van der Waals surface area (Å²) >= 11 is 15.2. The van der Waals surface area contributed by atoms with Gasteiger partial charge in [0.1, 0.15) is 10.6 Å². The van der Waals surface area contributed by atoms with Crippen molar-refractivity contribution in [2.75, 3.05) is 5.32 Å². The zero-order valence-corrected chi connectivity index (χ0v) is 15.9. The number of halogens is 3. The highest BCUT2D eigenvalue weighted by Crippen LogP contribution is 2.35. The van der Waals surface area contributed by atoms with Gasteiger partial charge in [-0.1, -0.05) is 39.1 Å². The Balaban J connectivity index is 1.95. The molecular weight excluding hydrogens is 441 g/mol. The number of rotatable bonds is 3. The third-order valence-electron chi connectivity index (χ3n) is 3.39. The summed E-state index contributed by atoms with van der Waals surface area (Å²) in [4.78, 5) is 11.1. The maximum Gasteiger partial charge on any atom is 0.342 e. The van der Waals surface area contributed by atoms with Gasteiger partial charge in [-0.15, -0.1) is 0 Å². The molecule has 0 bridgehead atoms. The van der Waals surface area contributed by atoms with E-state index in [2.05, 4.69) is 21.2 Å². The van der Waals surface area contributed by atoms with Gasteiger partial charge in [0.25, 0.3) is 0 Å². The monoisotopic (exact) mass is 449 g/mol. The lowest BCUT2D eigenvalue weighted by molar-refractivity contribution is -0.116. The van der Waals surface area contributed by atoms with E-state index < -0.39 is 10.1 Å². The number of carbonyl (C=O) groups is 1. The molecule has 0 aliphatic carbocycles. The van der Waals surface area contributed by atoms with Crippen LogP contribution in [0, 0.1) is 0 Å². The van der Waals surface area contributed by atoms with Crippen LogP contribution < -0.4 is 9.50 Å². The first-order valence-corrected chi connectivity index (χ1v) is 9.74. The number of amides is 1. The van der Waals surface area contributed by atoms with Crippen molar-refractivity contribution in [3.05, 3.63) is 50.4 Å². The van der Waals surface area contributed by atoms with E-state index in [-0.39, 0.29) is 26.6 Å². The maximum absolute atomic E-state index is 12.5. The topological polar surface area (TPSA) is 72.5 Å². The van der Waals surface area contributed by atoms with E-state index in [0.29, 0.717) is 23.0 Å². The SMILES string of the molecule is O=C1CCc2cc(OS(=O)(=O)c3c(Cl)cc(Br)cc3Cl)ccc2N1. The molecule has 126 valence electrons. The van der Waals surface area contributed by atoms with Crippen molar-refractivity contribution < 1.29 is 17.4 Å². The number of benzene rings is 2. The Labute approximate surface area is 157 Å². The second kappa shape index (κ2) is 6.55. The lowest BCUT2D eigenvalue weighted by Gasteiger charge is -2.18. The van der Waals surface area contributed by atoms with Gasteiger partial charge in [-0.05, 0) is 42.3 Å². The van der Waals surface area contributed by atoms with Gasteiger partial charge in [0.2, 0.25) is 5.91 Å². The summed E-state index contributed by atoms with van der Waals surface area (Å²) in [5.41, 5.74) is 1.45. The molecule has 9 heteroatoms. The molecule has 1 heterocycles. The Morgan fingerprint density at radius 3 is 2.42 bits per heavy atom. The number of aryl methyl sites for hydroxylation is 1. The van der Waals surface area contributed by atoms with Gasteiger partial charge in [-0.3, -0.25) is 4.79 Å². The Kier molecular flexibility index (Phi) is 4.79. The van der Waals surface area contributed by atoms with E-state index in [4.69, 9.17) is 27.4 Å². The molecule has 0 saturated heterocycles. The predicted octanol–water partition coefficient (Wildman–Crippen LogP) is 4.41. The van der Waals surface area contributed by atoms with Crippen molar-refractivity contribution in [3.8, 4) is 5.75 Å². The minimum Gasteiger partial charge on any atom is -0.379 e. The van der Waals surface area contributed by atoms with Crippen LogP contribution in [0.15, 0.2) is 39.7 Å². The smallest absolute Gasteiger partial charge is 0.342 e. The quantitative estimate of drug-likeness (QED) is 0.703. The Bertz CT molecular complexity index is 923. The van der Waals surface area contributed by atoms with Crippen molar-refractivity contribution in [2.45, 2.75) is 17.7 Å². The van der Waals surface area contributed by atoms with E-state index in [0.717, 1.165) is 5.56 Å². The number of hydrogen-bond donors (Lipinski definition) is 1. The predicted molar refractivity (Wildman–Crippen MR) is 95.4 cm³/mol. The summed E-state index contributed by atoms with van der Waals surface area (Å²) in [6.07, 6.45) is 0.853. The van der Waals surface area contributed by atoms with Gasteiger partial charge in [0.15, 0.2) is 0 Å². The Morgan fingerprint density at radius 1 is 1.08 bits per heavy atom. The van der Waals surface area contributed by atoms with Crippen LogP contribution in [-0.4, -0.2) is 14.3 Å². The minimum atomic E-state index is -4.20. The molecule has 1 aliphatic rings. The molecule has 0 saturated carbocycles. The molecule has 5 nitrogen and oxygen atoms in total. The minimum absolute atomic E-state index is 0.0420. The van der Waals surface area contributed by atoms with Crippen LogP contribution in [0.3, 0.4) is 0 Å². The zero-order valence-electron chi connectivity index (χ0n) is 12.0. The highest BCUT2D eigenvalue weighted by atomic mass is 79.9. The van der Waals surface area contributed by atoms with Crippen molar-refractivity contribution in [3.63, 3.8) is 0 Å². The fourth-order valence-corrected chi connectivity index (χ4v) is 5.16. The fourth-order valence-electron chi connectivity index (χ4n) is 2.35. The summed E-state index contributed by atoms with van der Waals surface area (Å²) in [6, 6.07) is 7.48. The van der Waals surface area contributed by atoms with E-state index >= 15 is 0 Å². The van der Waals surface area contributed by atoms with Crippen LogP contribution >= 0.6 is 39.1 Å². The van der Waals surface area contributed by atoms with Gasteiger partial charge < -0.3 is 9.50 Å². The first-order chi connectivity index (χ1) is 11.3. The molecule has 1 aliphatic heterocycles. The molecule has 0 spiro atoms. The first kappa shape index (κ1) is 17.5. The van der Waals surface area contributed by atoms with Crippen molar-refractivity contribution in [1.82, 2.24) is 0 Å². The molecule has 1 amide bonds. The Morgan fingerprint density at radius 2 is 1.75 bits per heavy atom. The number of hydrogen-bond acceptors (Lipinski definition) is 4. The van der Waals surface area contributed by atoms with Crippen molar-refractivity contribution >= 4 is 60.8 Å². The van der Waals surface area contributed by atoms with Crippen LogP contribution in [0.2, 0.25) is 10.0 Å². The molecule has 0 radical (unpaired) electrons. The summed E-state index contributed by atoms with van der Waals surface area (Å²) in [5.74, 6) is 0.0529. The van der Waals surface area contributed by atoms with Gasteiger partial charge in [-0.2, -0.15) is 8.42 Å². The molecular formula is C15H10BrCl2NO4S. The molecule has 1 N–H and O–H groups in total.